The standard InChI is InChI=1S/C12H11Br3N2O2S2/c13-7-5-9(14)12(10(15)6-7)17-21(18,19)11-2-1-8(20-11)3-4-16/h1-2,5-6,17H,3-4,16H2. The average molecular weight is 519 g/mol. The van der Waals surface area contributed by atoms with Crippen molar-refractivity contribution in [2.45, 2.75) is 10.6 Å². The number of anilines is 1. The molecule has 0 radical (unpaired) electrons. The molecule has 0 saturated carbocycles. The second kappa shape index (κ2) is 7.10. The molecule has 0 spiro atoms. The lowest BCUT2D eigenvalue weighted by Crippen LogP contribution is -2.12. The quantitative estimate of drug-likeness (QED) is 0.618. The Morgan fingerprint density at radius 1 is 1.14 bits per heavy atom. The van der Waals surface area contributed by atoms with Gasteiger partial charge in [-0.3, -0.25) is 4.72 Å². The molecule has 2 rings (SSSR count). The van der Waals surface area contributed by atoms with E-state index in [1.807, 2.05) is 0 Å². The molecule has 9 heteroatoms. The molecule has 1 heterocycles. The van der Waals surface area contributed by atoms with Crippen molar-refractivity contribution < 1.29 is 8.42 Å². The minimum absolute atomic E-state index is 0.271. The van der Waals surface area contributed by atoms with Crippen molar-refractivity contribution >= 4 is 74.8 Å². The lowest BCUT2D eigenvalue weighted by atomic mass is 10.3. The van der Waals surface area contributed by atoms with Gasteiger partial charge >= 0.3 is 0 Å². The minimum Gasteiger partial charge on any atom is -0.330 e. The highest BCUT2D eigenvalue weighted by Gasteiger charge is 2.20. The van der Waals surface area contributed by atoms with Gasteiger partial charge in [0.1, 0.15) is 4.21 Å². The zero-order valence-electron chi connectivity index (χ0n) is 10.6. The molecule has 1 aromatic carbocycles. The van der Waals surface area contributed by atoms with Gasteiger partial charge in [0.2, 0.25) is 0 Å². The predicted molar refractivity (Wildman–Crippen MR) is 97.4 cm³/mol. The molecule has 0 bridgehead atoms. The number of rotatable bonds is 5. The van der Waals surface area contributed by atoms with Gasteiger partial charge in [-0.15, -0.1) is 11.3 Å². The number of nitrogens with one attached hydrogen (secondary N) is 1. The van der Waals surface area contributed by atoms with Gasteiger partial charge in [0.15, 0.2) is 0 Å². The fraction of sp³-hybridized carbons (Fsp3) is 0.167. The van der Waals surface area contributed by atoms with Crippen LogP contribution in [0.1, 0.15) is 4.88 Å². The number of halogens is 3. The summed E-state index contributed by atoms with van der Waals surface area (Å²) in [5.74, 6) is 0. The van der Waals surface area contributed by atoms with E-state index >= 15 is 0 Å². The Morgan fingerprint density at radius 3 is 2.33 bits per heavy atom. The first-order chi connectivity index (χ1) is 9.83. The molecule has 2 aromatic rings. The lowest BCUT2D eigenvalue weighted by Gasteiger charge is -2.11. The second-order valence-electron chi connectivity index (χ2n) is 4.11. The van der Waals surface area contributed by atoms with Crippen molar-refractivity contribution in [2.24, 2.45) is 5.73 Å². The molecule has 114 valence electrons. The number of sulfonamides is 1. The van der Waals surface area contributed by atoms with E-state index in [1.54, 1.807) is 24.3 Å². The van der Waals surface area contributed by atoms with E-state index < -0.39 is 10.0 Å². The highest BCUT2D eigenvalue weighted by molar-refractivity contribution is 9.11. The van der Waals surface area contributed by atoms with E-state index in [2.05, 4.69) is 52.5 Å². The van der Waals surface area contributed by atoms with E-state index in [0.717, 1.165) is 9.35 Å². The van der Waals surface area contributed by atoms with Crippen LogP contribution in [-0.2, 0) is 16.4 Å². The van der Waals surface area contributed by atoms with Crippen molar-refractivity contribution in [2.75, 3.05) is 11.3 Å². The smallest absolute Gasteiger partial charge is 0.271 e. The third-order valence-corrected chi connectivity index (χ3v) is 7.23. The van der Waals surface area contributed by atoms with Gasteiger partial charge in [-0.05, 0) is 69.1 Å². The van der Waals surface area contributed by atoms with Gasteiger partial charge in [-0.1, -0.05) is 15.9 Å². The van der Waals surface area contributed by atoms with E-state index in [-0.39, 0.29) is 4.21 Å². The molecule has 0 saturated heterocycles. The Hall–Kier alpha value is 0.0700. The predicted octanol–water partition coefficient (Wildman–Crippen LogP) is 4.34. The summed E-state index contributed by atoms with van der Waals surface area (Å²) in [6.07, 6.45) is 0.672. The Labute approximate surface area is 152 Å². The molecule has 1 aromatic heterocycles. The summed E-state index contributed by atoms with van der Waals surface area (Å²) in [6.45, 7) is 0.497. The minimum atomic E-state index is -3.62. The molecule has 0 atom stereocenters. The summed E-state index contributed by atoms with van der Waals surface area (Å²) in [6, 6.07) is 6.93. The summed E-state index contributed by atoms with van der Waals surface area (Å²) in [7, 11) is -3.62. The largest absolute Gasteiger partial charge is 0.330 e. The van der Waals surface area contributed by atoms with Gasteiger partial charge in [0, 0.05) is 18.3 Å². The monoisotopic (exact) mass is 516 g/mol. The highest BCUT2D eigenvalue weighted by atomic mass is 79.9. The SMILES string of the molecule is NCCc1ccc(S(=O)(=O)Nc2c(Br)cc(Br)cc2Br)s1. The molecule has 3 N–H and O–H groups in total. The van der Waals surface area contributed by atoms with E-state index in [1.165, 1.54) is 11.3 Å². The lowest BCUT2D eigenvalue weighted by molar-refractivity contribution is 0.603. The normalized spacial score (nSPS) is 11.6. The van der Waals surface area contributed by atoms with Crippen molar-refractivity contribution in [1.29, 1.82) is 0 Å². The van der Waals surface area contributed by atoms with Crippen LogP contribution >= 0.6 is 59.1 Å². The molecule has 0 fully saturated rings. The van der Waals surface area contributed by atoms with Crippen LogP contribution in [0.3, 0.4) is 0 Å². The van der Waals surface area contributed by atoms with Crippen LogP contribution < -0.4 is 10.5 Å². The molecule has 0 amide bonds. The topological polar surface area (TPSA) is 72.2 Å². The van der Waals surface area contributed by atoms with Gasteiger partial charge < -0.3 is 5.73 Å². The van der Waals surface area contributed by atoms with Crippen LogP contribution in [0.5, 0.6) is 0 Å². The number of hydrogen-bond acceptors (Lipinski definition) is 4. The fourth-order valence-electron chi connectivity index (χ4n) is 1.60. The van der Waals surface area contributed by atoms with E-state index in [4.69, 9.17) is 5.73 Å². The number of benzene rings is 1. The van der Waals surface area contributed by atoms with Crippen LogP contribution in [-0.4, -0.2) is 15.0 Å². The van der Waals surface area contributed by atoms with Crippen molar-refractivity contribution in [1.82, 2.24) is 0 Å². The summed E-state index contributed by atoms with van der Waals surface area (Å²) in [4.78, 5) is 0.951. The zero-order valence-corrected chi connectivity index (χ0v) is 17.0. The van der Waals surface area contributed by atoms with Crippen molar-refractivity contribution in [3.8, 4) is 0 Å². The first kappa shape index (κ1) is 17.4. The van der Waals surface area contributed by atoms with Gasteiger partial charge in [-0.2, -0.15) is 0 Å². The van der Waals surface area contributed by atoms with Crippen LogP contribution in [0.15, 0.2) is 41.9 Å². The van der Waals surface area contributed by atoms with Gasteiger partial charge in [0.05, 0.1) is 5.69 Å². The molecule has 0 unspecified atom stereocenters. The van der Waals surface area contributed by atoms with Crippen molar-refractivity contribution in [3.63, 3.8) is 0 Å². The molecule has 21 heavy (non-hydrogen) atoms. The zero-order chi connectivity index (χ0) is 15.6. The third-order valence-electron chi connectivity index (χ3n) is 2.54. The maximum absolute atomic E-state index is 12.4. The summed E-state index contributed by atoms with van der Waals surface area (Å²) >= 11 is 11.3. The van der Waals surface area contributed by atoms with Crippen LogP contribution in [0.2, 0.25) is 0 Å². The van der Waals surface area contributed by atoms with Crippen LogP contribution in [0.25, 0.3) is 0 Å². The first-order valence-electron chi connectivity index (χ1n) is 5.79. The molecule has 0 aliphatic heterocycles. The Kier molecular flexibility index (Phi) is 5.89. The maximum atomic E-state index is 12.4. The van der Waals surface area contributed by atoms with Crippen LogP contribution in [0.4, 0.5) is 5.69 Å². The Bertz CT molecular complexity index is 737. The Morgan fingerprint density at radius 2 is 1.76 bits per heavy atom. The summed E-state index contributed by atoms with van der Waals surface area (Å²) < 4.78 is 29.8. The molecule has 0 aliphatic carbocycles. The number of hydrogen-bond donors (Lipinski definition) is 2. The second-order valence-corrected chi connectivity index (χ2v) is 9.81. The highest BCUT2D eigenvalue weighted by Crippen LogP contribution is 2.36. The molecule has 4 nitrogen and oxygen atoms in total. The number of nitrogens with two attached hydrogens (primary N) is 1. The first-order valence-corrected chi connectivity index (χ1v) is 10.5. The fourth-order valence-corrected chi connectivity index (χ4v) is 6.79. The molecule has 0 aliphatic rings. The van der Waals surface area contributed by atoms with Gasteiger partial charge in [-0.25, -0.2) is 8.42 Å². The molecular formula is C12H11Br3N2O2S2. The van der Waals surface area contributed by atoms with Crippen molar-refractivity contribution in [3.05, 3.63) is 42.6 Å². The Balaban J connectivity index is 2.33. The number of thiophene rings is 1. The van der Waals surface area contributed by atoms with E-state index in [9.17, 15) is 8.42 Å². The summed E-state index contributed by atoms with van der Waals surface area (Å²) in [5.41, 5.74) is 5.95. The third kappa shape index (κ3) is 4.29. The van der Waals surface area contributed by atoms with E-state index in [0.29, 0.717) is 27.6 Å². The summed E-state index contributed by atoms with van der Waals surface area (Å²) in [5, 5.41) is 0. The van der Waals surface area contributed by atoms with Gasteiger partial charge in [0.25, 0.3) is 10.0 Å². The average Bonchev–Trinajstić information content (AvgIpc) is 2.84. The maximum Gasteiger partial charge on any atom is 0.271 e. The molecular weight excluding hydrogens is 508 g/mol. The van der Waals surface area contributed by atoms with Crippen LogP contribution in [0, 0.1) is 0 Å².